The molecule has 0 fully saturated rings. The molecule has 0 saturated carbocycles. The molecule has 54 valence electrons. The summed E-state index contributed by atoms with van der Waals surface area (Å²) in [4.78, 5) is 0. The third-order valence-electron chi connectivity index (χ3n) is 1.07. The number of fused-ring (bicyclic) bond motifs is 1. The fourth-order valence-electron chi connectivity index (χ4n) is 0.697. The molecule has 0 saturated heterocycles. The lowest BCUT2D eigenvalue weighted by Gasteiger charge is -1.63. The monoisotopic (exact) mass is 170 g/mol. The van der Waals surface area contributed by atoms with Crippen molar-refractivity contribution in [3.05, 3.63) is 22.9 Å². The Morgan fingerprint density at radius 1 is 0.900 bits per heavy atom. The molecule has 10 heavy (non-hydrogen) atoms. The van der Waals surface area contributed by atoms with E-state index in [4.69, 9.17) is 0 Å². The molecule has 0 aromatic carbocycles. The smallest absolute Gasteiger partial charge is 0.0450 e. The lowest BCUT2D eigenvalue weighted by atomic mass is 10.5. The third kappa shape index (κ3) is 1.39. The van der Waals surface area contributed by atoms with Crippen LogP contribution in [-0.2, 0) is 0 Å². The topological polar surface area (TPSA) is 0 Å². The van der Waals surface area contributed by atoms with Gasteiger partial charge in [0.2, 0.25) is 0 Å². The zero-order valence-electron chi connectivity index (χ0n) is 6.13. The fraction of sp³-hybridized carbons (Fsp3) is 0.250. The summed E-state index contributed by atoms with van der Waals surface area (Å²) in [7, 11) is 0. The van der Waals surface area contributed by atoms with Crippen LogP contribution in [-0.4, -0.2) is 0 Å². The van der Waals surface area contributed by atoms with Crippen LogP contribution in [0.2, 0.25) is 0 Å². The summed E-state index contributed by atoms with van der Waals surface area (Å²) in [5.74, 6) is 0. The average molecular weight is 170 g/mol. The van der Waals surface area contributed by atoms with Crippen molar-refractivity contribution in [2.45, 2.75) is 13.8 Å². The molecule has 0 N–H and O–H groups in total. The van der Waals surface area contributed by atoms with E-state index in [0.717, 1.165) is 0 Å². The summed E-state index contributed by atoms with van der Waals surface area (Å²) in [6.07, 6.45) is 0. The van der Waals surface area contributed by atoms with Gasteiger partial charge in [0.05, 0.1) is 0 Å². The van der Waals surface area contributed by atoms with E-state index in [-0.39, 0.29) is 0 Å². The highest BCUT2D eigenvalue weighted by molar-refractivity contribution is 7.25. The second-order valence-electron chi connectivity index (χ2n) is 1.57. The third-order valence-corrected chi connectivity index (χ3v) is 2.97. The first-order valence-corrected chi connectivity index (χ1v) is 5.13. The van der Waals surface area contributed by atoms with Crippen molar-refractivity contribution < 1.29 is 0 Å². The molecule has 2 heterocycles. The number of rotatable bonds is 0. The van der Waals surface area contributed by atoms with Crippen molar-refractivity contribution in [1.29, 1.82) is 0 Å². The average Bonchev–Trinajstić information content (AvgIpc) is 2.49. The van der Waals surface area contributed by atoms with Crippen molar-refractivity contribution in [3.63, 3.8) is 0 Å². The second kappa shape index (κ2) is 3.74. The van der Waals surface area contributed by atoms with E-state index in [1.165, 1.54) is 9.40 Å². The first-order chi connectivity index (χ1) is 4.97. The van der Waals surface area contributed by atoms with Gasteiger partial charge in [0.1, 0.15) is 0 Å². The molecule has 2 aromatic heterocycles. The maximum Gasteiger partial charge on any atom is 0.0450 e. The van der Waals surface area contributed by atoms with Gasteiger partial charge < -0.3 is 0 Å². The SMILES string of the molecule is CC.c1cc2sccc2s1. The molecule has 0 amide bonds. The second-order valence-corrected chi connectivity index (χ2v) is 3.47. The zero-order valence-corrected chi connectivity index (χ0v) is 7.76. The van der Waals surface area contributed by atoms with Crippen LogP contribution in [0, 0.1) is 0 Å². The van der Waals surface area contributed by atoms with Gasteiger partial charge in [0.25, 0.3) is 0 Å². The number of thiophene rings is 2. The van der Waals surface area contributed by atoms with Crippen LogP contribution in [0.4, 0.5) is 0 Å². The lowest BCUT2D eigenvalue weighted by Crippen LogP contribution is -1.33. The van der Waals surface area contributed by atoms with Gasteiger partial charge in [0, 0.05) is 9.40 Å². The summed E-state index contributed by atoms with van der Waals surface area (Å²) in [6, 6.07) is 4.31. The zero-order chi connectivity index (χ0) is 7.40. The molecule has 0 spiro atoms. The van der Waals surface area contributed by atoms with Crippen LogP contribution >= 0.6 is 22.7 Å². The molecule has 0 unspecified atom stereocenters. The minimum absolute atomic E-state index is 1.41. The van der Waals surface area contributed by atoms with E-state index in [1.54, 1.807) is 22.7 Å². The summed E-state index contributed by atoms with van der Waals surface area (Å²) in [5, 5.41) is 4.25. The Labute approximate surface area is 69.1 Å². The molecule has 2 heteroatoms. The Morgan fingerprint density at radius 2 is 1.30 bits per heavy atom. The number of hydrogen-bond acceptors (Lipinski definition) is 2. The molecule has 2 rings (SSSR count). The van der Waals surface area contributed by atoms with Gasteiger partial charge in [-0.05, 0) is 22.9 Å². The van der Waals surface area contributed by atoms with Crippen molar-refractivity contribution in [3.8, 4) is 0 Å². The molecule has 0 aliphatic carbocycles. The van der Waals surface area contributed by atoms with E-state index in [1.807, 2.05) is 13.8 Å². The summed E-state index contributed by atoms with van der Waals surface area (Å²) in [5.41, 5.74) is 0. The molecular formula is C8H10S2. The quantitative estimate of drug-likeness (QED) is 0.561. The largest absolute Gasteiger partial charge is 0.143 e. The summed E-state index contributed by atoms with van der Waals surface area (Å²) >= 11 is 3.61. The van der Waals surface area contributed by atoms with Crippen LogP contribution < -0.4 is 0 Å². The van der Waals surface area contributed by atoms with E-state index >= 15 is 0 Å². The highest BCUT2D eigenvalue weighted by Crippen LogP contribution is 2.25. The van der Waals surface area contributed by atoms with Crippen LogP contribution in [0.1, 0.15) is 13.8 Å². The van der Waals surface area contributed by atoms with Crippen molar-refractivity contribution in [2.24, 2.45) is 0 Å². The van der Waals surface area contributed by atoms with Gasteiger partial charge in [0.15, 0.2) is 0 Å². The van der Waals surface area contributed by atoms with Gasteiger partial charge in [-0.25, -0.2) is 0 Å². The Hall–Kier alpha value is -0.340. The normalized spacial score (nSPS) is 9.00. The van der Waals surface area contributed by atoms with Crippen molar-refractivity contribution >= 4 is 32.1 Å². The van der Waals surface area contributed by atoms with Gasteiger partial charge in [-0.1, -0.05) is 13.8 Å². The number of hydrogen-bond donors (Lipinski definition) is 0. The molecule has 0 nitrogen and oxygen atoms in total. The van der Waals surface area contributed by atoms with Gasteiger partial charge in [-0.15, -0.1) is 22.7 Å². The fourth-order valence-corrected chi connectivity index (χ4v) is 2.52. The first-order valence-electron chi connectivity index (χ1n) is 3.37. The predicted molar refractivity (Wildman–Crippen MR) is 51.1 cm³/mol. The van der Waals surface area contributed by atoms with Crippen LogP contribution in [0.25, 0.3) is 9.40 Å². The standard InChI is InChI=1S/C6H4S2.C2H6/c1-3-7-6-2-4-8-5(1)6;1-2/h1-4H;1-2H3. The first kappa shape index (κ1) is 7.76. The van der Waals surface area contributed by atoms with E-state index in [9.17, 15) is 0 Å². The molecule has 0 radical (unpaired) electrons. The molecular weight excluding hydrogens is 160 g/mol. The lowest BCUT2D eigenvalue weighted by molar-refractivity contribution is 1.50. The van der Waals surface area contributed by atoms with E-state index in [0.29, 0.717) is 0 Å². The summed E-state index contributed by atoms with van der Waals surface area (Å²) in [6.45, 7) is 4.00. The van der Waals surface area contributed by atoms with Crippen molar-refractivity contribution in [2.75, 3.05) is 0 Å². The minimum Gasteiger partial charge on any atom is -0.143 e. The van der Waals surface area contributed by atoms with Crippen LogP contribution in [0.5, 0.6) is 0 Å². The highest BCUT2D eigenvalue weighted by Gasteiger charge is 1.90. The van der Waals surface area contributed by atoms with Crippen molar-refractivity contribution in [1.82, 2.24) is 0 Å². The molecule has 0 atom stereocenters. The van der Waals surface area contributed by atoms with Gasteiger partial charge >= 0.3 is 0 Å². The Morgan fingerprint density at radius 3 is 1.70 bits per heavy atom. The molecule has 0 aliphatic rings. The van der Waals surface area contributed by atoms with E-state index < -0.39 is 0 Å². The van der Waals surface area contributed by atoms with Gasteiger partial charge in [-0.3, -0.25) is 0 Å². The van der Waals surface area contributed by atoms with Crippen LogP contribution in [0.15, 0.2) is 22.9 Å². The van der Waals surface area contributed by atoms with Gasteiger partial charge in [-0.2, -0.15) is 0 Å². The maximum atomic E-state index is 2.16. The summed E-state index contributed by atoms with van der Waals surface area (Å²) < 4.78 is 2.82. The van der Waals surface area contributed by atoms with E-state index in [2.05, 4.69) is 22.9 Å². The Balaban J connectivity index is 0.000000231. The molecule has 2 aromatic rings. The molecule has 0 aliphatic heterocycles. The Bertz CT molecular complexity index is 229. The minimum atomic E-state index is 1.41. The highest BCUT2D eigenvalue weighted by atomic mass is 32.1. The maximum absolute atomic E-state index is 2.16. The van der Waals surface area contributed by atoms with Crippen LogP contribution in [0.3, 0.4) is 0 Å². The molecule has 0 bridgehead atoms. The predicted octanol–water partition coefficient (Wildman–Crippen LogP) is 3.99. The Kier molecular flexibility index (Phi) is 2.90.